The van der Waals surface area contributed by atoms with Crippen LogP contribution in [0.1, 0.15) is 12.5 Å². The molecule has 1 unspecified atom stereocenters. The molecular weight excluding hydrogens is 360 g/mol. The predicted octanol–water partition coefficient (Wildman–Crippen LogP) is -0.996. The Morgan fingerprint density at radius 2 is 1.81 bits per heavy atom. The quantitative estimate of drug-likeness (QED) is 0.151. The molecule has 1 aromatic carbocycles. The minimum Gasteiger partial charge on any atom is -0.394 e. The minimum absolute atomic E-state index is 0.296. The van der Waals surface area contributed by atoms with Crippen molar-refractivity contribution in [3.05, 3.63) is 29.8 Å². The van der Waals surface area contributed by atoms with Crippen molar-refractivity contribution in [3.8, 4) is 0 Å². The van der Waals surface area contributed by atoms with Gasteiger partial charge in [-0.25, -0.2) is 0 Å². The van der Waals surface area contributed by atoms with E-state index >= 15 is 0 Å². The van der Waals surface area contributed by atoms with Crippen LogP contribution in [0.25, 0.3) is 0 Å². The van der Waals surface area contributed by atoms with Crippen molar-refractivity contribution >= 4 is 28.9 Å². The molecule has 0 saturated carbocycles. The second kappa shape index (κ2) is 9.21. The van der Waals surface area contributed by atoms with Gasteiger partial charge in [0.05, 0.1) is 6.61 Å². The smallest absolute Gasteiger partial charge is 0.189 e. The number of aliphatic hydroxyl groups is 4. The van der Waals surface area contributed by atoms with Crippen LogP contribution in [-0.4, -0.2) is 68.6 Å². The van der Waals surface area contributed by atoms with Gasteiger partial charge in [-0.05, 0) is 38.2 Å². The van der Waals surface area contributed by atoms with Crippen molar-refractivity contribution in [3.63, 3.8) is 0 Å². The van der Waals surface area contributed by atoms with Gasteiger partial charge in [-0.1, -0.05) is 17.7 Å². The lowest BCUT2D eigenvalue weighted by Gasteiger charge is -2.38. The first kappa shape index (κ1) is 20.5. The molecule has 7 N–H and O–H groups in total. The number of hydrazine groups is 1. The molecule has 10 heteroatoms. The van der Waals surface area contributed by atoms with Crippen LogP contribution in [-0.2, 0) is 4.74 Å². The van der Waals surface area contributed by atoms with Gasteiger partial charge in [-0.3, -0.25) is 15.8 Å². The van der Waals surface area contributed by atoms with E-state index < -0.39 is 37.3 Å². The van der Waals surface area contributed by atoms with Crippen LogP contribution in [0.15, 0.2) is 29.3 Å². The fourth-order valence-corrected chi connectivity index (χ4v) is 2.59. The molecule has 1 aromatic rings. The van der Waals surface area contributed by atoms with Crippen molar-refractivity contribution in [1.82, 2.24) is 10.9 Å². The number of rotatable bonds is 3. The molecule has 2 rings (SSSR count). The van der Waals surface area contributed by atoms with Gasteiger partial charge in [0.1, 0.15) is 30.2 Å². The first-order chi connectivity index (χ1) is 12.3. The van der Waals surface area contributed by atoms with Crippen molar-refractivity contribution in [2.75, 3.05) is 11.9 Å². The largest absolute Gasteiger partial charge is 0.394 e. The van der Waals surface area contributed by atoms with Crippen LogP contribution < -0.4 is 16.2 Å². The molecule has 1 aliphatic heterocycles. The van der Waals surface area contributed by atoms with Crippen LogP contribution in [0, 0.1) is 6.92 Å². The number of ether oxygens (including phenoxy) is 1. The fourth-order valence-electron chi connectivity index (χ4n) is 2.42. The third-order valence-electron chi connectivity index (χ3n) is 3.88. The molecule has 1 saturated heterocycles. The minimum atomic E-state index is -1.46. The van der Waals surface area contributed by atoms with Crippen molar-refractivity contribution < 1.29 is 25.2 Å². The van der Waals surface area contributed by atoms with E-state index in [0.717, 1.165) is 11.3 Å². The highest BCUT2D eigenvalue weighted by Gasteiger charge is 2.43. The topological polar surface area (TPSA) is 139 Å². The Hall–Kier alpha value is -1.82. The van der Waals surface area contributed by atoms with Gasteiger partial charge < -0.3 is 30.5 Å². The number of amidine groups is 1. The van der Waals surface area contributed by atoms with Gasteiger partial charge in [-0.2, -0.15) is 0 Å². The lowest BCUT2D eigenvalue weighted by molar-refractivity contribution is -0.248. The van der Waals surface area contributed by atoms with Gasteiger partial charge in [-0.15, -0.1) is 0 Å². The van der Waals surface area contributed by atoms with Crippen LogP contribution in [0.4, 0.5) is 5.69 Å². The first-order valence-electron chi connectivity index (χ1n) is 8.06. The number of hydrogen-bond donors (Lipinski definition) is 7. The van der Waals surface area contributed by atoms with E-state index in [1.54, 1.807) is 6.92 Å². The molecule has 0 aliphatic carbocycles. The highest BCUT2D eigenvalue weighted by molar-refractivity contribution is 7.80. The molecule has 0 aromatic heterocycles. The van der Waals surface area contributed by atoms with Gasteiger partial charge in [0.2, 0.25) is 0 Å². The SMILES string of the molecule is CC(=N[C@H]1C(O)O[C@H](CO)[C@@H](O)[C@@H]1O)NNC(=S)Nc1ccc(C)cc1. The summed E-state index contributed by atoms with van der Waals surface area (Å²) in [5.41, 5.74) is 7.41. The maximum absolute atomic E-state index is 10.1. The van der Waals surface area contributed by atoms with E-state index in [4.69, 9.17) is 22.1 Å². The summed E-state index contributed by atoms with van der Waals surface area (Å²) in [5.74, 6) is 0.305. The maximum Gasteiger partial charge on any atom is 0.189 e. The summed E-state index contributed by atoms with van der Waals surface area (Å²) in [6.07, 6.45) is -5.27. The van der Waals surface area contributed by atoms with E-state index in [9.17, 15) is 15.3 Å². The molecule has 1 aliphatic rings. The molecule has 1 heterocycles. The zero-order valence-electron chi connectivity index (χ0n) is 14.5. The van der Waals surface area contributed by atoms with E-state index in [1.807, 2.05) is 31.2 Å². The normalized spacial score (nSPS) is 29.2. The van der Waals surface area contributed by atoms with E-state index in [1.165, 1.54) is 0 Å². The Balaban J connectivity index is 1.89. The van der Waals surface area contributed by atoms with Crippen LogP contribution >= 0.6 is 12.2 Å². The van der Waals surface area contributed by atoms with Crippen LogP contribution in [0.2, 0.25) is 0 Å². The van der Waals surface area contributed by atoms with E-state index in [2.05, 4.69) is 21.2 Å². The summed E-state index contributed by atoms with van der Waals surface area (Å²) in [6, 6.07) is 6.55. The number of hydrogen-bond acceptors (Lipinski definition) is 7. The maximum atomic E-state index is 10.1. The Bertz CT molecular complexity index is 642. The third-order valence-corrected chi connectivity index (χ3v) is 4.08. The number of anilines is 1. The summed E-state index contributed by atoms with van der Waals surface area (Å²) in [7, 11) is 0. The second-order valence-corrected chi connectivity index (χ2v) is 6.41. The second-order valence-electron chi connectivity index (χ2n) is 6.00. The zero-order valence-corrected chi connectivity index (χ0v) is 15.3. The van der Waals surface area contributed by atoms with E-state index in [-0.39, 0.29) is 0 Å². The molecule has 144 valence electrons. The Labute approximate surface area is 156 Å². The number of aryl methyl sites for hydroxylation is 1. The summed E-state index contributed by atoms with van der Waals surface area (Å²) >= 11 is 5.16. The highest BCUT2D eigenvalue weighted by atomic mass is 32.1. The van der Waals surface area contributed by atoms with Gasteiger partial charge in [0, 0.05) is 5.69 Å². The van der Waals surface area contributed by atoms with Gasteiger partial charge in [0.25, 0.3) is 0 Å². The van der Waals surface area contributed by atoms with Crippen molar-refractivity contribution in [2.45, 2.75) is 44.5 Å². The summed E-state index contributed by atoms with van der Waals surface area (Å²) in [4.78, 5) is 4.10. The average Bonchev–Trinajstić information content (AvgIpc) is 2.62. The standard InChI is InChI=1S/C16H24N4O5S/c1-8-3-5-10(6-4-8)18-16(26)20-19-9(2)17-12-14(23)13(22)11(7-21)25-15(12)24/h3-6,11-15,21-24H,7H2,1-2H3,(H,17,19)(H2,18,20,26)/t11-,12-,13-,14-,15?/m1/s1. The molecule has 0 bridgehead atoms. The fraction of sp³-hybridized carbons (Fsp3) is 0.500. The summed E-state index contributed by atoms with van der Waals surface area (Å²) in [5, 5.41) is 42.2. The van der Waals surface area contributed by atoms with Crippen molar-refractivity contribution in [1.29, 1.82) is 0 Å². The van der Waals surface area contributed by atoms with Crippen LogP contribution in [0.3, 0.4) is 0 Å². The number of aliphatic imine (C=N–C) groups is 1. The third kappa shape index (κ3) is 5.34. The molecular formula is C16H24N4O5S. The molecule has 0 radical (unpaired) electrons. The number of benzene rings is 1. The monoisotopic (exact) mass is 384 g/mol. The predicted molar refractivity (Wildman–Crippen MR) is 101 cm³/mol. The Morgan fingerprint density at radius 3 is 2.42 bits per heavy atom. The lowest BCUT2D eigenvalue weighted by Crippen LogP contribution is -2.58. The molecule has 0 spiro atoms. The van der Waals surface area contributed by atoms with E-state index in [0.29, 0.717) is 10.9 Å². The number of thiocarbonyl (C=S) groups is 1. The number of nitrogens with one attached hydrogen (secondary N) is 3. The Morgan fingerprint density at radius 1 is 1.15 bits per heavy atom. The molecule has 9 nitrogen and oxygen atoms in total. The molecule has 0 amide bonds. The summed E-state index contributed by atoms with van der Waals surface area (Å²) in [6.45, 7) is 3.05. The number of nitrogens with zero attached hydrogens (tertiary/aromatic N) is 1. The van der Waals surface area contributed by atoms with Gasteiger partial charge in [0.15, 0.2) is 11.4 Å². The molecule has 1 fully saturated rings. The highest BCUT2D eigenvalue weighted by Crippen LogP contribution is 2.22. The number of aliphatic hydroxyl groups excluding tert-OH is 4. The lowest BCUT2D eigenvalue weighted by atomic mass is 9.97. The zero-order chi connectivity index (χ0) is 19.3. The molecule has 5 atom stereocenters. The Kier molecular flexibility index (Phi) is 7.26. The molecule has 26 heavy (non-hydrogen) atoms. The van der Waals surface area contributed by atoms with Gasteiger partial charge >= 0.3 is 0 Å². The van der Waals surface area contributed by atoms with Crippen molar-refractivity contribution in [2.24, 2.45) is 4.99 Å². The van der Waals surface area contributed by atoms with Crippen LogP contribution in [0.5, 0.6) is 0 Å². The summed E-state index contributed by atoms with van der Waals surface area (Å²) < 4.78 is 5.05. The average molecular weight is 384 g/mol. The first-order valence-corrected chi connectivity index (χ1v) is 8.47.